The Hall–Kier alpha value is -3.11. The van der Waals surface area contributed by atoms with Crippen LogP contribution in [0.25, 0.3) is 0 Å². The number of ether oxygens (including phenoxy) is 1. The normalized spacial score (nSPS) is 15.6. The van der Waals surface area contributed by atoms with Gasteiger partial charge in [0.1, 0.15) is 5.75 Å². The standard InChI is InChI=1S/C21H21N5O3S2/c1-13-10-18(27)23-16-8-3-4-9-17(16)26(13)19(28)12-30-21-25-24-20(31-21)22-14-6-5-7-15(11-14)29-2/h3-9,11,13H,10,12H2,1-2H3,(H,22,24)(H,23,27). The number of anilines is 4. The zero-order valence-electron chi connectivity index (χ0n) is 17.0. The first-order valence-electron chi connectivity index (χ1n) is 9.62. The van der Waals surface area contributed by atoms with E-state index >= 15 is 0 Å². The number of hydrogen-bond acceptors (Lipinski definition) is 8. The van der Waals surface area contributed by atoms with Crippen molar-refractivity contribution in [1.82, 2.24) is 10.2 Å². The molecule has 160 valence electrons. The van der Waals surface area contributed by atoms with E-state index in [1.807, 2.05) is 49.4 Å². The summed E-state index contributed by atoms with van der Waals surface area (Å²) in [5, 5.41) is 15.0. The highest BCUT2D eigenvalue weighted by atomic mass is 32.2. The molecule has 2 heterocycles. The van der Waals surface area contributed by atoms with Crippen molar-refractivity contribution in [3.8, 4) is 5.75 Å². The minimum absolute atomic E-state index is 0.0843. The Balaban J connectivity index is 1.42. The zero-order chi connectivity index (χ0) is 21.8. The number of methoxy groups -OCH3 is 1. The van der Waals surface area contributed by atoms with E-state index in [9.17, 15) is 9.59 Å². The number of carbonyl (C=O) groups excluding carboxylic acids is 2. The maximum Gasteiger partial charge on any atom is 0.237 e. The van der Waals surface area contributed by atoms with E-state index in [-0.39, 0.29) is 30.0 Å². The molecule has 0 bridgehead atoms. The van der Waals surface area contributed by atoms with Gasteiger partial charge in [-0.3, -0.25) is 9.59 Å². The summed E-state index contributed by atoms with van der Waals surface area (Å²) in [5.41, 5.74) is 2.20. The van der Waals surface area contributed by atoms with Crippen LogP contribution in [0.3, 0.4) is 0 Å². The number of nitrogens with one attached hydrogen (secondary N) is 2. The number of amides is 2. The number of hydrogen-bond donors (Lipinski definition) is 2. The van der Waals surface area contributed by atoms with Crippen molar-refractivity contribution in [3.63, 3.8) is 0 Å². The Bertz CT molecular complexity index is 1100. The predicted molar refractivity (Wildman–Crippen MR) is 124 cm³/mol. The summed E-state index contributed by atoms with van der Waals surface area (Å²) in [6, 6.07) is 14.6. The summed E-state index contributed by atoms with van der Waals surface area (Å²) in [6.07, 6.45) is 0.249. The second-order valence-electron chi connectivity index (χ2n) is 6.90. The number of thioether (sulfide) groups is 1. The molecule has 1 aromatic heterocycles. The molecule has 0 spiro atoms. The maximum absolute atomic E-state index is 13.1. The average molecular weight is 456 g/mol. The van der Waals surface area contributed by atoms with Gasteiger partial charge >= 0.3 is 0 Å². The van der Waals surface area contributed by atoms with Crippen LogP contribution >= 0.6 is 23.1 Å². The van der Waals surface area contributed by atoms with Crippen LogP contribution in [0.5, 0.6) is 5.75 Å². The van der Waals surface area contributed by atoms with Crippen molar-refractivity contribution in [2.24, 2.45) is 0 Å². The van der Waals surface area contributed by atoms with Crippen LogP contribution in [-0.2, 0) is 9.59 Å². The number of rotatable bonds is 6. The number of para-hydroxylation sites is 2. The molecule has 3 aromatic rings. The minimum Gasteiger partial charge on any atom is -0.497 e. The topological polar surface area (TPSA) is 96.4 Å². The maximum atomic E-state index is 13.1. The monoisotopic (exact) mass is 455 g/mol. The van der Waals surface area contributed by atoms with Gasteiger partial charge in [0.2, 0.25) is 16.9 Å². The number of benzene rings is 2. The van der Waals surface area contributed by atoms with Gasteiger partial charge in [-0.1, -0.05) is 41.3 Å². The largest absolute Gasteiger partial charge is 0.497 e. The van der Waals surface area contributed by atoms with E-state index in [2.05, 4.69) is 20.8 Å². The van der Waals surface area contributed by atoms with Crippen LogP contribution in [0, 0.1) is 0 Å². The van der Waals surface area contributed by atoms with E-state index < -0.39 is 0 Å². The molecule has 2 amide bonds. The van der Waals surface area contributed by atoms with Gasteiger partial charge in [0.25, 0.3) is 0 Å². The van der Waals surface area contributed by atoms with Gasteiger partial charge in [-0.25, -0.2) is 0 Å². The lowest BCUT2D eigenvalue weighted by Gasteiger charge is -2.27. The van der Waals surface area contributed by atoms with E-state index in [1.165, 1.54) is 23.1 Å². The lowest BCUT2D eigenvalue weighted by molar-refractivity contribution is -0.117. The van der Waals surface area contributed by atoms with Crippen molar-refractivity contribution in [2.75, 3.05) is 28.4 Å². The third-order valence-corrected chi connectivity index (χ3v) is 6.63. The molecular weight excluding hydrogens is 434 g/mol. The van der Waals surface area contributed by atoms with E-state index in [0.717, 1.165) is 11.4 Å². The average Bonchev–Trinajstić information content (AvgIpc) is 3.15. The summed E-state index contributed by atoms with van der Waals surface area (Å²) in [6.45, 7) is 1.88. The summed E-state index contributed by atoms with van der Waals surface area (Å²) in [4.78, 5) is 26.9. The lowest BCUT2D eigenvalue weighted by Crippen LogP contribution is -2.40. The van der Waals surface area contributed by atoms with E-state index in [1.54, 1.807) is 18.1 Å². The fourth-order valence-electron chi connectivity index (χ4n) is 3.30. The van der Waals surface area contributed by atoms with Crippen LogP contribution in [0.15, 0.2) is 52.9 Å². The first-order chi connectivity index (χ1) is 15.0. The van der Waals surface area contributed by atoms with Crippen LogP contribution < -0.4 is 20.3 Å². The van der Waals surface area contributed by atoms with Gasteiger partial charge in [-0.05, 0) is 31.2 Å². The Morgan fingerprint density at radius 1 is 1.29 bits per heavy atom. The van der Waals surface area contributed by atoms with Crippen LogP contribution in [-0.4, -0.2) is 40.9 Å². The zero-order valence-corrected chi connectivity index (χ0v) is 18.6. The SMILES string of the molecule is COc1cccc(Nc2nnc(SCC(=O)N3c4ccccc4NC(=O)CC3C)s2)c1. The van der Waals surface area contributed by atoms with Crippen LogP contribution in [0.2, 0.25) is 0 Å². The third-order valence-electron chi connectivity index (χ3n) is 4.67. The second-order valence-corrected chi connectivity index (χ2v) is 9.10. The molecule has 4 rings (SSSR count). The van der Waals surface area contributed by atoms with Crippen molar-refractivity contribution >= 4 is 57.1 Å². The molecule has 0 saturated heterocycles. The highest BCUT2D eigenvalue weighted by molar-refractivity contribution is 8.01. The first-order valence-corrected chi connectivity index (χ1v) is 11.4. The number of fused-ring (bicyclic) bond motifs is 1. The van der Waals surface area contributed by atoms with E-state index in [0.29, 0.717) is 20.8 Å². The number of aromatic nitrogens is 2. The van der Waals surface area contributed by atoms with Crippen molar-refractivity contribution in [2.45, 2.75) is 23.7 Å². The van der Waals surface area contributed by atoms with Crippen molar-refractivity contribution in [1.29, 1.82) is 0 Å². The second kappa shape index (κ2) is 9.36. The molecule has 0 saturated carbocycles. The molecule has 1 aliphatic heterocycles. The van der Waals surface area contributed by atoms with Crippen LogP contribution in [0.4, 0.5) is 22.2 Å². The molecule has 10 heteroatoms. The summed E-state index contributed by atoms with van der Waals surface area (Å²) in [7, 11) is 1.62. The quantitative estimate of drug-likeness (QED) is 0.539. The molecule has 0 aliphatic carbocycles. The summed E-state index contributed by atoms with van der Waals surface area (Å²) in [5.74, 6) is 0.759. The Morgan fingerprint density at radius 3 is 2.97 bits per heavy atom. The highest BCUT2D eigenvalue weighted by Crippen LogP contribution is 2.33. The van der Waals surface area contributed by atoms with Gasteiger partial charge in [0, 0.05) is 24.2 Å². The van der Waals surface area contributed by atoms with Crippen LogP contribution in [0.1, 0.15) is 13.3 Å². The molecule has 1 atom stereocenters. The fraction of sp³-hybridized carbons (Fsp3) is 0.238. The number of carbonyl (C=O) groups is 2. The van der Waals surface area contributed by atoms with E-state index in [4.69, 9.17) is 4.74 Å². The van der Waals surface area contributed by atoms with Gasteiger partial charge in [0.15, 0.2) is 4.34 Å². The minimum atomic E-state index is -0.239. The fourth-order valence-corrected chi connectivity index (χ4v) is 4.94. The number of nitrogens with zero attached hydrogens (tertiary/aromatic N) is 3. The molecule has 1 aliphatic rings. The van der Waals surface area contributed by atoms with Gasteiger partial charge in [-0.15, -0.1) is 10.2 Å². The van der Waals surface area contributed by atoms with Crippen molar-refractivity contribution in [3.05, 3.63) is 48.5 Å². The predicted octanol–water partition coefficient (Wildman–Crippen LogP) is 4.15. The molecule has 0 fully saturated rings. The molecule has 2 aromatic carbocycles. The molecule has 0 radical (unpaired) electrons. The summed E-state index contributed by atoms with van der Waals surface area (Å²) < 4.78 is 5.91. The third kappa shape index (κ3) is 4.97. The Kier molecular flexibility index (Phi) is 6.38. The molecule has 8 nitrogen and oxygen atoms in total. The van der Waals surface area contributed by atoms with Crippen molar-refractivity contribution < 1.29 is 14.3 Å². The summed E-state index contributed by atoms with van der Waals surface area (Å²) >= 11 is 2.70. The molecular formula is C21H21N5O3S2. The van der Waals surface area contributed by atoms with Gasteiger partial charge in [0.05, 0.1) is 24.2 Å². The molecule has 2 N–H and O–H groups in total. The highest BCUT2D eigenvalue weighted by Gasteiger charge is 2.29. The first kappa shape index (κ1) is 21.1. The smallest absolute Gasteiger partial charge is 0.237 e. The Morgan fingerprint density at radius 2 is 2.13 bits per heavy atom. The van der Waals surface area contributed by atoms with Gasteiger partial charge < -0.3 is 20.3 Å². The molecule has 1 unspecified atom stereocenters. The molecule has 31 heavy (non-hydrogen) atoms. The van der Waals surface area contributed by atoms with Gasteiger partial charge in [-0.2, -0.15) is 0 Å². The Labute approximate surface area is 188 Å². The lowest BCUT2D eigenvalue weighted by atomic mass is 10.2.